The average Bonchev–Trinajstić information content (AvgIpc) is 1.82. The van der Waals surface area contributed by atoms with E-state index in [-0.39, 0.29) is 31.2 Å². The van der Waals surface area contributed by atoms with E-state index < -0.39 is 11.9 Å². The van der Waals surface area contributed by atoms with Crippen molar-refractivity contribution in [1.29, 1.82) is 0 Å². The number of halogens is 1. The van der Waals surface area contributed by atoms with Gasteiger partial charge in [0.25, 0.3) is 0 Å². The van der Waals surface area contributed by atoms with Gasteiger partial charge in [-0.1, -0.05) is 6.92 Å². The quantitative estimate of drug-likeness (QED) is 0.697. The molecule has 0 saturated heterocycles. The van der Waals surface area contributed by atoms with Crippen molar-refractivity contribution < 1.29 is 19.8 Å². The molecule has 0 aliphatic carbocycles. The maximum absolute atomic E-state index is 10.1. The van der Waals surface area contributed by atoms with Crippen LogP contribution in [-0.2, 0) is 9.59 Å². The zero-order chi connectivity index (χ0) is 8.85. The molecule has 0 aromatic heterocycles. The standard InChI is InChI=1S/C7H12O4.ClH/c1-5(4-7(10)11)2-3-6(8)9;/h5H,2-4H2,1H3,(H,8,9)(H,10,11);1H/t5-;/m1./s1. The SMILES string of the molecule is C[C@H](CCC(=O)O)CC(=O)O.Cl. The highest BCUT2D eigenvalue weighted by molar-refractivity contribution is 5.85. The normalized spacial score (nSPS) is 11.4. The molecule has 0 aromatic rings. The summed E-state index contributed by atoms with van der Waals surface area (Å²) in [6.45, 7) is 1.73. The Morgan fingerprint density at radius 1 is 1.25 bits per heavy atom. The number of carboxylic acid groups (broad SMARTS) is 2. The smallest absolute Gasteiger partial charge is 0.303 e. The number of carbonyl (C=O) groups is 2. The Balaban J connectivity index is 0. The van der Waals surface area contributed by atoms with Crippen LogP contribution in [0.15, 0.2) is 0 Å². The van der Waals surface area contributed by atoms with Gasteiger partial charge in [-0.15, -0.1) is 12.4 Å². The van der Waals surface area contributed by atoms with E-state index in [1.807, 2.05) is 0 Å². The summed E-state index contributed by atoms with van der Waals surface area (Å²) in [7, 11) is 0. The maximum Gasteiger partial charge on any atom is 0.303 e. The molecule has 72 valence electrons. The minimum Gasteiger partial charge on any atom is -0.481 e. The second-order valence-corrected chi connectivity index (χ2v) is 2.64. The van der Waals surface area contributed by atoms with Gasteiger partial charge in [-0.2, -0.15) is 0 Å². The highest BCUT2D eigenvalue weighted by atomic mass is 35.5. The summed E-state index contributed by atoms with van der Waals surface area (Å²) >= 11 is 0. The van der Waals surface area contributed by atoms with E-state index in [0.29, 0.717) is 6.42 Å². The molecule has 0 bridgehead atoms. The average molecular weight is 197 g/mol. The van der Waals surface area contributed by atoms with Crippen molar-refractivity contribution in [1.82, 2.24) is 0 Å². The van der Waals surface area contributed by atoms with Crippen LogP contribution in [0.2, 0.25) is 0 Å². The van der Waals surface area contributed by atoms with Crippen molar-refractivity contribution in [2.75, 3.05) is 0 Å². The minimum atomic E-state index is -0.873. The summed E-state index contributed by atoms with van der Waals surface area (Å²) < 4.78 is 0. The lowest BCUT2D eigenvalue weighted by Gasteiger charge is -2.04. The van der Waals surface area contributed by atoms with E-state index in [4.69, 9.17) is 10.2 Å². The molecule has 12 heavy (non-hydrogen) atoms. The van der Waals surface area contributed by atoms with Gasteiger partial charge in [0, 0.05) is 12.8 Å². The van der Waals surface area contributed by atoms with Crippen molar-refractivity contribution in [2.45, 2.75) is 26.2 Å². The Morgan fingerprint density at radius 2 is 1.75 bits per heavy atom. The van der Waals surface area contributed by atoms with Crippen LogP contribution in [0.5, 0.6) is 0 Å². The van der Waals surface area contributed by atoms with Crippen molar-refractivity contribution >= 4 is 24.3 Å². The Bertz CT molecular complexity index is 157. The number of rotatable bonds is 5. The Kier molecular flexibility index (Phi) is 7.94. The van der Waals surface area contributed by atoms with Crippen molar-refractivity contribution in [3.63, 3.8) is 0 Å². The molecule has 0 spiro atoms. The van der Waals surface area contributed by atoms with Crippen LogP contribution in [-0.4, -0.2) is 22.2 Å². The predicted octanol–water partition coefficient (Wildman–Crippen LogP) is 1.38. The van der Waals surface area contributed by atoms with Crippen molar-refractivity contribution in [2.24, 2.45) is 5.92 Å². The van der Waals surface area contributed by atoms with Crippen LogP contribution in [0.25, 0.3) is 0 Å². The van der Waals surface area contributed by atoms with E-state index in [0.717, 1.165) is 0 Å². The fourth-order valence-corrected chi connectivity index (χ4v) is 0.770. The highest BCUT2D eigenvalue weighted by Crippen LogP contribution is 2.09. The molecule has 4 nitrogen and oxygen atoms in total. The van der Waals surface area contributed by atoms with Gasteiger partial charge in [-0.25, -0.2) is 0 Å². The monoisotopic (exact) mass is 196 g/mol. The lowest BCUT2D eigenvalue weighted by molar-refractivity contribution is -0.140. The van der Waals surface area contributed by atoms with Crippen LogP contribution in [0.4, 0.5) is 0 Å². The van der Waals surface area contributed by atoms with Crippen LogP contribution >= 0.6 is 12.4 Å². The molecule has 0 heterocycles. The summed E-state index contributed by atoms with van der Waals surface area (Å²) in [5.74, 6) is -1.80. The molecule has 2 N–H and O–H groups in total. The predicted molar refractivity (Wildman–Crippen MR) is 45.5 cm³/mol. The highest BCUT2D eigenvalue weighted by Gasteiger charge is 2.08. The van der Waals surface area contributed by atoms with E-state index in [1.54, 1.807) is 6.92 Å². The molecule has 1 atom stereocenters. The Hall–Kier alpha value is -0.770. The first-order valence-electron chi connectivity index (χ1n) is 3.46. The molecule has 0 aromatic carbocycles. The van der Waals surface area contributed by atoms with E-state index in [9.17, 15) is 9.59 Å². The zero-order valence-corrected chi connectivity index (χ0v) is 7.63. The van der Waals surface area contributed by atoms with E-state index >= 15 is 0 Å². The fourth-order valence-electron chi connectivity index (χ4n) is 0.770. The summed E-state index contributed by atoms with van der Waals surface area (Å²) in [6, 6.07) is 0. The first-order valence-corrected chi connectivity index (χ1v) is 3.46. The van der Waals surface area contributed by atoms with Crippen LogP contribution in [0.3, 0.4) is 0 Å². The van der Waals surface area contributed by atoms with Gasteiger partial charge in [0.2, 0.25) is 0 Å². The van der Waals surface area contributed by atoms with E-state index in [2.05, 4.69) is 0 Å². The first-order chi connectivity index (χ1) is 5.02. The van der Waals surface area contributed by atoms with Crippen LogP contribution in [0, 0.1) is 5.92 Å². The number of hydrogen-bond donors (Lipinski definition) is 2. The molecular formula is C7H13ClO4. The summed E-state index contributed by atoms with van der Waals surface area (Å²) in [4.78, 5) is 20.1. The van der Waals surface area contributed by atoms with Gasteiger partial charge in [-0.3, -0.25) is 9.59 Å². The second kappa shape index (κ2) is 6.91. The van der Waals surface area contributed by atoms with Crippen LogP contribution < -0.4 is 0 Å². The molecule has 0 aliphatic rings. The van der Waals surface area contributed by atoms with Gasteiger partial charge < -0.3 is 10.2 Å². The number of aliphatic carboxylic acids is 2. The summed E-state index contributed by atoms with van der Waals surface area (Å²) in [5.41, 5.74) is 0. The Morgan fingerprint density at radius 3 is 2.08 bits per heavy atom. The maximum atomic E-state index is 10.1. The van der Waals surface area contributed by atoms with Crippen molar-refractivity contribution in [3.8, 4) is 0 Å². The fraction of sp³-hybridized carbons (Fsp3) is 0.714. The number of carboxylic acids is 2. The minimum absolute atomic E-state index is 0. The van der Waals surface area contributed by atoms with Gasteiger partial charge in [0.1, 0.15) is 0 Å². The van der Waals surface area contributed by atoms with E-state index in [1.165, 1.54) is 0 Å². The third-order valence-electron chi connectivity index (χ3n) is 1.37. The molecule has 0 aliphatic heterocycles. The lowest BCUT2D eigenvalue weighted by Crippen LogP contribution is -2.06. The van der Waals surface area contributed by atoms with Gasteiger partial charge in [0.15, 0.2) is 0 Å². The number of hydrogen-bond acceptors (Lipinski definition) is 2. The summed E-state index contributed by atoms with van der Waals surface area (Å²) in [6.07, 6.45) is 0.531. The molecule has 0 saturated carbocycles. The first kappa shape index (κ1) is 13.8. The molecule has 0 radical (unpaired) electrons. The Labute approximate surface area is 77.0 Å². The van der Waals surface area contributed by atoms with Gasteiger partial charge >= 0.3 is 11.9 Å². The topological polar surface area (TPSA) is 74.6 Å². The summed E-state index contributed by atoms with van der Waals surface area (Å²) in [5, 5.41) is 16.6. The molecule has 0 unspecified atom stereocenters. The third-order valence-corrected chi connectivity index (χ3v) is 1.37. The van der Waals surface area contributed by atoms with Gasteiger partial charge in [-0.05, 0) is 12.3 Å². The molecule has 5 heteroatoms. The van der Waals surface area contributed by atoms with Crippen LogP contribution in [0.1, 0.15) is 26.2 Å². The second-order valence-electron chi connectivity index (χ2n) is 2.64. The molecule has 0 rings (SSSR count). The largest absolute Gasteiger partial charge is 0.481 e. The molecule has 0 amide bonds. The zero-order valence-electron chi connectivity index (χ0n) is 6.82. The third kappa shape index (κ3) is 9.23. The van der Waals surface area contributed by atoms with Crippen molar-refractivity contribution in [3.05, 3.63) is 0 Å². The lowest BCUT2D eigenvalue weighted by atomic mass is 10.0. The molecule has 0 fully saturated rings. The molecular weight excluding hydrogens is 184 g/mol. The van der Waals surface area contributed by atoms with Gasteiger partial charge in [0.05, 0.1) is 0 Å².